The molecule has 0 aliphatic carbocycles. The van der Waals surface area contributed by atoms with Crippen molar-refractivity contribution in [2.75, 3.05) is 13.1 Å². The van der Waals surface area contributed by atoms with Crippen molar-refractivity contribution >= 4 is 61.5 Å². The van der Waals surface area contributed by atoms with Gasteiger partial charge in [-0.05, 0) is 146 Å². The van der Waals surface area contributed by atoms with Crippen molar-refractivity contribution < 1.29 is 29.3 Å². The predicted octanol–water partition coefficient (Wildman–Crippen LogP) is 10.2. The van der Waals surface area contributed by atoms with E-state index in [1.54, 1.807) is 36.4 Å². The molecule has 10 aromatic rings. The number of hydrogen-bond acceptors (Lipinski definition) is 9. The first-order valence-electron chi connectivity index (χ1n) is 27.0. The second kappa shape index (κ2) is 22.3. The van der Waals surface area contributed by atoms with Crippen LogP contribution in [-0.2, 0) is 44.0 Å². The summed E-state index contributed by atoms with van der Waals surface area (Å²) in [5.74, 6) is 0.0341. The van der Waals surface area contributed by atoms with Crippen LogP contribution in [0.5, 0.6) is 11.5 Å². The highest BCUT2D eigenvalue weighted by molar-refractivity contribution is 6.02. The maximum absolute atomic E-state index is 12.8. The Balaban J connectivity index is 0.000000170. The Kier molecular flexibility index (Phi) is 14.7. The number of rotatable bonds is 17. The number of alkyl carbamates (subject to hydrolysis) is 1. The lowest BCUT2D eigenvalue weighted by atomic mass is 9.95. The average molecular weight is 1060 g/mol. The molecule has 11 N–H and O–H groups in total. The number of nitrogens with zero attached hydrogens (tertiary/aromatic N) is 2. The number of phenols is 2. The number of hydrogen-bond donors (Lipinski definition) is 10. The van der Waals surface area contributed by atoms with Gasteiger partial charge in [-0.3, -0.25) is 9.59 Å². The monoisotopic (exact) mass is 1060 g/mol. The first kappa shape index (κ1) is 52.2. The third-order valence-electron chi connectivity index (χ3n) is 14.8. The van der Waals surface area contributed by atoms with Crippen molar-refractivity contribution in [3.63, 3.8) is 0 Å². The van der Waals surface area contributed by atoms with Crippen molar-refractivity contribution in [2.24, 2.45) is 5.73 Å². The van der Waals surface area contributed by atoms with Gasteiger partial charge in [0.15, 0.2) is 0 Å². The highest BCUT2D eigenvalue weighted by Crippen LogP contribution is 2.40. The number of phenolic OH excluding ortho intramolecular Hbond substituents is 2. The van der Waals surface area contributed by atoms with Crippen LogP contribution < -0.4 is 32.3 Å². The first-order valence-corrected chi connectivity index (χ1v) is 27.0. The molecular formula is C63H66N10O6. The van der Waals surface area contributed by atoms with Gasteiger partial charge < -0.3 is 66.4 Å². The topological polar surface area (TPSA) is 229 Å². The number of aryl methyl sites for hydroxylation is 2. The summed E-state index contributed by atoms with van der Waals surface area (Å²) in [5.41, 5.74) is 18.8. The molecule has 3 amide bonds. The first-order chi connectivity index (χ1) is 38.3. The number of aromatic hydroxyl groups is 2. The van der Waals surface area contributed by atoms with E-state index in [0.717, 1.165) is 92.5 Å². The summed E-state index contributed by atoms with van der Waals surface area (Å²) in [4.78, 5) is 44.5. The van der Waals surface area contributed by atoms with Gasteiger partial charge in [0.1, 0.15) is 17.1 Å². The maximum Gasteiger partial charge on any atom is 0.407 e. The van der Waals surface area contributed by atoms with Crippen LogP contribution in [0.1, 0.15) is 111 Å². The molecule has 0 fully saturated rings. The van der Waals surface area contributed by atoms with E-state index in [1.165, 1.54) is 21.9 Å². The lowest BCUT2D eigenvalue weighted by molar-refractivity contribution is 0.0526. The number of ether oxygens (including phenoxy) is 1. The van der Waals surface area contributed by atoms with E-state index < -0.39 is 11.7 Å². The van der Waals surface area contributed by atoms with E-state index in [0.29, 0.717) is 50.4 Å². The summed E-state index contributed by atoms with van der Waals surface area (Å²) in [6.07, 6.45) is 5.55. The maximum atomic E-state index is 12.8. The van der Waals surface area contributed by atoms with Crippen LogP contribution >= 0.6 is 0 Å². The number of carbonyl (C=O) groups is 3. The molecule has 16 heteroatoms. The highest BCUT2D eigenvalue weighted by Gasteiger charge is 2.35. The van der Waals surface area contributed by atoms with Crippen LogP contribution in [-0.4, -0.2) is 65.9 Å². The van der Waals surface area contributed by atoms with Gasteiger partial charge in [0, 0.05) is 125 Å². The van der Waals surface area contributed by atoms with Gasteiger partial charge in [-0.2, -0.15) is 0 Å². The number of benzene rings is 6. The zero-order chi connectivity index (χ0) is 54.8. The van der Waals surface area contributed by atoms with Gasteiger partial charge >= 0.3 is 6.09 Å². The molecule has 4 aromatic heterocycles. The number of para-hydroxylation sites is 2. The summed E-state index contributed by atoms with van der Waals surface area (Å²) in [6.45, 7) is 11.0. The van der Waals surface area contributed by atoms with Crippen molar-refractivity contribution in [3.8, 4) is 11.5 Å². The zero-order valence-electron chi connectivity index (χ0n) is 44.6. The fraction of sp³-hybridized carbons (Fsp3) is 0.254. The van der Waals surface area contributed by atoms with Crippen LogP contribution in [0.25, 0.3) is 43.6 Å². The average Bonchev–Trinajstić information content (AvgIpc) is 4.50. The normalized spacial score (nSPS) is 14.8. The number of amides is 3. The second-order valence-corrected chi connectivity index (χ2v) is 21.4. The fourth-order valence-corrected chi connectivity index (χ4v) is 11.1. The number of H-pyrrole nitrogens is 2. The SMILES string of the molecule is CC(C)(C)OC(=O)NCCCn1ccc2ccc(CNCc3[nH]c4ccccc4c3C3NC(=O)c4ccc(O)cc43)cc21.NCCCn1ccc2ccc(CNCc3[nH]c4ccccc4c3C3NC(=O)c4ccc(O)cc43)cc21. The van der Waals surface area contributed by atoms with Gasteiger partial charge in [0.2, 0.25) is 0 Å². The predicted molar refractivity (Wildman–Crippen MR) is 309 cm³/mol. The summed E-state index contributed by atoms with van der Waals surface area (Å²) in [6, 6.07) is 42.6. The van der Waals surface area contributed by atoms with E-state index in [1.807, 2.05) is 57.2 Å². The Bertz CT molecular complexity index is 3900. The molecule has 0 spiro atoms. The summed E-state index contributed by atoms with van der Waals surface area (Å²) in [7, 11) is 0. The molecule has 2 atom stereocenters. The Hall–Kier alpha value is -8.83. The van der Waals surface area contributed by atoms with Gasteiger partial charge in [-0.25, -0.2) is 4.79 Å². The number of aromatic amines is 2. The number of fused-ring (bicyclic) bond motifs is 6. The van der Waals surface area contributed by atoms with Crippen LogP contribution in [0.15, 0.2) is 146 Å². The third-order valence-corrected chi connectivity index (χ3v) is 14.8. The minimum absolute atomic E-state index is 0.120. The Morgan fingerprint density at radius 2 is 1.09 bits per heavy atom. The molecule has 16 nitrogen and oxygen atoms in total. The van der Waals surface area contributed by atoms with Gasteiger partial charge in [0.05, 0.1) is 12.1 Å². The summed E-state index contributed by atoms with van der Waals surface area (Å²) >= 11 is 0. The van der Waals surface area contributed by atoms with Crippen molar-refractivity contribution in [1.82, 2.24) is 45.7 Å². The van der Waals surface area contributed by atoms with Crippen LogP contribution in [0.2, 0.25) is 0 Å². The van der Waals surface area contributed by atoms with Crippen molar-refractivity contribution in [1.29, 1.82) is 0 Å². The molecule has 79 heavy (non-hydrogen) atoms. The fourth-order valence-electron chi connectivity index (χ4n) is 11.1. The van der Waals surface area contributed by atoms with E-state index in [-0.39, 0.29) is 35.4 Å². The minimum atomic E-state index is -0.511. The molecule has 2 unspecified atom stereocenters. The molecule has 6 heterocycles. The highest BCUT2D eigenvalue weighted by atomic mass is 16.6. The summed E-state index contributed by atoms with van der Waals surface area (Å²) in [5, 5.41) is 41.0. The zero-order valence-corrected chi connectivity index (χ0v) is 44.6. The second-order valence-electron chi connectivity index (χ2n) is 21.4. The van der Waals surface area contributed by atoms with Crippen LogP contribution in [0.3, 0.4) is 0 Å². The molecule has 0 bridgehead atoms. The lowest BCUT2D eigenvalue weighted by Gasteiger charge is -2.19. The molecule has 2 aliphatic heterocycles. The largest absolute Gasteiger partial charge is 0.508 e. The molecule has 404 valence electrons. The Labute approximate surface area is 457 Å². The number of carbonyl (C=O) groups excluding carboxylic acids is 3. The number of nitrogens with two attached hydrogens (primary N) is 1. The quantitative estimate of drug-likeness (QED) is 0.0391. The van der Waals surface area contributed by atoms with Crippen molar-refractivity contribution in [2.45, 2.75) is 90.6 Å². The van der Waals surface area contributed by atoms with E-state index in [4.69, 9.17) is 10.5 Å². The molecule has 2 aliphatic rings. The molecule has 12 rings (SSSR count). The Morgan fingerprint density at radius 3 is 1.57 bits per heavy atom. The molecule has 0 saturated carbocycles. The van der Waals surface area contributed by atoms with Crippen LogP contribution in [0.4, 0.5) is 4.79 Å². The third kappa shape index (κ3) is 11.2. The lowest BCUT2D eigenvalue weighted by Crippen LogP contribution is -2.33. The molecule has 6 aromatic carbocycles. The van der Waals surface area contributed by atoms with Crippen molar-refractivity contribution in [3.05, 3.63) is 202 Å². The summed E-state index contributed by atoms with van der Waals surface area (Å²) < 4.78 is 9.78. The van der Waals surface area contributed by atoms with Gasteiger partial charge in [-0.15, -0.1) is 0 Å². The molecular weight excluding hydrogens is 993 g/mol. The number of nitrogens with one attached hydrogen (secondary N) is 7. The number of aromatic nitrogens is 4. The smallest absolute Gasteiger partial charge is 0.407 e. The minimum Gasteiger partial charge on any atom is -0.508 e. The Morgan fingerprint density at radius 1 is 0.608 bits per heavy atom. The van der Waals surface area contributed by atoms with E-state index >= 15 is 0 Å². The van der Waals surface area contributed by atoms with Crippen LogP contribution in [0, 0.1) is 0 Å². The van der Waals surface area contributed by atoms with E-state index in [2.05, 4.69) is 119 Å². The molecule has 0 saturated heterocycles. The molecule has 0 radical (unpaired) electrons. The van der Waals surface area contributed by atoms with E-state index in [9.17, 15) is 24.6 Å². The van der Waals surface area contributed by atoms with Gasteiger partial charge in [0.25, 0.3) is 11.8 Å². The standard InChI is InChI=1S/C34H37N5O4.C29H29N5O2/c1-34(2,3)43-33(42)36-14-6-15-39-16-13-22-10-9-21(17-29(22)39)19-35-20-28-30(25-7-4-5-8-27(25)37-28)31-26-18-23(40)11-12-24(26)32(41)38-31;30-11-3-12-34-13-10-19-7-6-18(14-26(19)34)16-31-17-25-27(22-4-1-2-5-24(22)32-25)28-23-15-20(35)8-9-21(23)29(36)33-28/h4-5,7-13,16-18,31,35,37,40H,6,14-15,19-20H2,1-3H3,(H,36,42)(H,38,41);1-2,4-10,13-15,28,31-32,35H,3,11-12,16-17,30H2,(H,33,36). The van der Waals surface area contributed by atoms with Gasteiger partial charge in [-0.1, -0.05) is 60.7 Å².